The highest BCUT2D eigenvalue weighted by Gasteiger charge is 2.30. The number of rotatable bonds is 9. The first kappa shape index (κ1) is 27.4. The summed E-state index contributed by atoms with van der Waals surface area (Å²) in [7, 11) is 0. The molecule has 2 nitrogen and oxygen atoms in total. The third kappa shape index (κ3) is 6.97. The molecular weight excluding hydrogens is 447 g/mol. The summed E-state index contributed by atoms with van der Waals surface area (Å²) in [4.78, 5) is 15.2. The van der Waals surface area contributed by atoms with Gasteiger partial charge >= 0.3 is 6.18 Å². The maximum atomic E-state index is 13.1. The molecule has 3 rings (SSSR count). The normalized spacial score (nSPS) is 18.3. The summed E-state index contributed by atoms with van der Waals surface area (Å²) in [5.74, 6) is 0.643. The van der Waals surface area contributed by atoms with Gasteiger partial charge in [0.2, 0.25) is 0 Å². The van der Waals surface area contributed by atoms with Crippen LogP contribution >= 0.6 is 0 Å². The molecule has 0 N–H and O–H groups in total. The maximum Gasteiger partial charge on any atom is 0.416 e. The second kappa shape index (κ2) is 11.7. The van der Waals surface area contributed by atoms with Gasteiger partial charge in [0.15, 0.2) is 0 Å². The highest BCUT2D eigenvalue weighted by atomic mass is 19.4. The molecule has 0 radical (unpaired) electrons. The lowest BCUT2D eigenvalue weighted by atomic mass is 9.81. The molecule has 0 bridgehead atoms. The quantitative estimate of drug-likeness (QED) is 0.354. The van der Waals surface area contributed by atoms with E-state index in [0.717, 1.165) is 74.0 Å². The fourth-order valence-electron chi connectivity index (χ4n) is 5.56. The van der Waals surface area contributed by atoms with Crippen LogP contribution in [0.25, 0.3) is 11.1 Å². The summed E-state index contributed by atoms with van der Waals surface area (Å²) in [6.07, 6.45) is 0.866. The topological polar surface area (TPSA) is 20.3 Å². The lowest BCUT2D eigenvalue weighted by molar-refractivity contribution is -0.137. The molecule has 2 atom stereocenters. The van der Waals surface area contributed by atoms with Crippen LogP contribution in [0.15, 0.2) is 42.5 Å². The van der Waals surface area contributed by atoms with E-state index in [1.165, 1.54) is 5.56 Å². The molecule has 35 heavy (non-hydrogen) atoms. The van der Waals surface area contributed by atoms with Crippen molar-refractivity contribution < 1.29 is 18.0 Å². The number of piperidine rings is 1. The molecule has 0 aliphatic carbocycles. The van der Waals surface area contributed by atoms with E-state index in [0.29, 0.717) is 17.9 Å². The second-order valence-electron chi connectivity index (χ2n) is 10.6. The Morgan fingerprint density at radius 3 is 2.23 bits per heavy atom. The van der Waals surface area contributed by atoms with Crippen LogP contribution in [-0.4, -0.2) is 29.8 Å². The Kier molecular flexibility index (Phi) is 9.20. The first-order valence-electron chi connectivity index (χ1n) is 13.1. The highest BCUT2D eigenvalue weighted by molar-refractivity contribution is 5.84. The number of nitrogens with zero attached hydrogens (tertiary/aromatic N) is 1. The van der Waals surface area contributed by atoms with E-state index in [2.05, 4.69) is 44.7 Å². The van der Waals surface area contributed by atoms with Crippen molar-refractivity contribution in [1.29, 1.82) is 0 Å². The predicted molar refractivity (Wildman–Crippen MR) is 138 cm³/mol. The lowest BCUT2D eigenvalue weighted by Crippen LogP contribution is -2.41. The summed E-state index contributed by atoms with van der Waals surface area (Å²) in [5.41, 5.74) is 3.18. The van der Waals surface area contributed by atoms with Crippen LogP contribution in [0.3, 0.4) is 0 Å². The van der Waals surface area contributed by atoms with Crippen LogP contribution in [0.5, 0.6) is 0 Å². The molecule has 1 aliphatic rings. The largest absolute Gasteiger partial charge is 0.416 e. The number of carbonyl (C=O) groups is 1. The Labute approximate surface area is 208 Å². The molecule has 1 heterocycles. The van der Waals surface area contributed by atoms with Crippen LogP contribution in [0.4, 0.5) is 13.2 Å². The monoisotopic (exact) mass is 487 g/mol. The van der Waals surface area contributed by atoms with Crippen LogP contribution in [0.1, 0.15) is 95.2 Å². The van der Waals surface area contributed by atoms with Gasteiger partial charge in [-0.3, -0.25) is 9.69 Å². The lowest BCUT2D eigenvalue weighted by Gasteiger charge is -2.38. The van der Waals surface area contributed by atoms with E-state index in [1.807, 2.05) is 6.07 Å². The zero-order chi connectivity index (χ0) is 25.8. The second-order valence-corrected chi connectivity index (χ2v) is 10.6. The molecule has 2 aromatic carbocycles. The molecule has 2 aromatic rings. The van der Waals surface area contributed by atoms with Gasteiger partial charge in [-0.05, 0) is 91.8 Å². The summed E-state index contributed by atoms with van der Waals surface area (Å²) in [6, 6.07) is 12.3. The van der Waals surface area contributed by atoms with Crippen LogP contribution < -0.4 is 0 Å². The summed E-state index contributed by atoms with van der Waals surface area (Å²) < 4.78 is 39.4. The molecule has 0 aromatic heterocycles. The zero-order valence-corrected chi connectivity index (χ0v) is 21.8. The van der Waals surface area contributed by atoms with Gasteiger partial charge in [-0.2, -0.15) is 13.2 Å². The third-order valence-electron chi connectivity index (χ3n) is 7.51. The molecule has 192 valence electrons. The number of likely N-dealkylation sites (tertiary alicyclic amines) is 1. The minimum absolute atomic E-state index is 0.136. The fraction of sp³-hybridized carbons (Fsp3) is 0.567. The van der Waals surface area contributed by atoms with Gasteiger partial charge in [0.05, 0.1) is 5.56 Å². The van der Waals surface area contributed by atoms with Crippen LogP contribution in [0.2, 0.25) is 0 Å². The van der Waals surface area contributed by atoms with E-state index < -0.39 is 11.7 Å². The number of carbonyl (C=O) groups excluding carboxylic acids is 1. The number of Topliss-reactive ketones (excluding diaryl/α,β-unsaturated/α-hetero) is 1. The third-order valence-corrected chi connectivity index (χ3v) is 7.51. The molecular formula is C30H40F3NO. The van der Waals surface area contributed by atoms with Gasteiger partial charge in [-0.1, -0.05) is 58.0 Å². The van der Waals surface area contributed by atoms with Crippen molar-refractivity contribution >= 4 is 5.78 Å². The molecule has 1 saturated heterocycles. The fourth-order valence-corrected chi connectivity index (χ4v) is 5.56. The van der Waals surface area contributed by atoms with Crippen molar-refractivity contribution in [3.8, 4) is 11.1 Å². The summed E-state index contributed by atoms with van der Waals surface area (Å²) in [6.45, 7) is 12.5. The van der Waals surface area contributed by atoms with Crippen molar-refractivity contribution in [2.75, 3.05) is 13.1 Å². The van der Waals surface area contributed by atoms with Crippen molar-refractivity contribution in [2.45, 2.75) is 90.8 Å². The number of hydrogen-bond acceptors (Lipinski definition) is 2. The number of alkyl halides is 3. The van der Waals surface area contributed by atoms with Gasteiger partial charge < -0.3 is 0 Å². The number of benzene rings is 2. The first-order valence-corrected chi connectivity index (χ1v) is 13.1. The molecule has 0 saturated carbocycles. The maximum absolute atomic E-state index is 13.1. The van der Waals surface area contributed by atoms with Crippen molar-refractivity contribution in [3.63, 3.8) is 0 Å². The zero-order valence-electron chi connectivity index (χ0n) is 21.8. The van der Waals surface area contributed by atoms with E-state index in [1.54, 1.807) is 19.1 Å². The Bertz CT molecular complexity index is 976. The van der Waals surface area contributed by atoms with Crippen molar-refractivity contribution in [1.82, 2.24) is 4.90 Å². The Hall–Kier alpha value is -2.14. The number of halogens is 3. The van der Waals surface area contributed by atoms with E-state index >= 15 is 0 Å². The molecule has 0 spiro atoms. The molecule has 5 heteroatoms. The van der Waals surface area contributed by atoms with Gasteiger partial charge in [-0.25, -0.2) is 0 Å². The molecule has 1 aliphatic heterocycles. The van der Waals surface area contributed by atoms with Crippen molar-refractivity contribution in [2.24, 2.45) is 5.92 Å². The Balaban J connectivity index is 2.05. The average Bonchev–Trinajstić information content (AvgIpc) is 2.82. The summed E-state index contributed by atoms with van der Waals surface area (Å²) in [5, 5.41) is 0. The summed E-state index contributed by atoms with van der Waals surface area (Å²) >= 11 is 0. The smallest absolute Gasteiger partial charge is 0.300 e. The highest BCUT2D eigenvalue weighted by Crippen LogP contribution is 2.37. The van der Waals surface area contributed by atoms with Gasteiger partial charge in [-0.15, -0.1) is 0 Å². The predicted octanol–water partition coefficient (Wildman–Crippen LogP) is 8.46. The average molecular weight is 488 g/mol. The van der Waals surface area contributed by atoms with E-state index in [-0.39, 0.29) is 11.7 Å². The van der Waals surface area contributed by atoms with Crippen LogP contribution in [-0.2, 0) is 11.0 Å². The molecule has 0 amide bonds. The Morgan fingerprint density at radius 2 is 1.69 bits per heavy atom. The molecule has 2 unspecified atom stereocenters. The van der Waals surface area contributed by atoms with E-state index in [9.17, 15) is 18.0 Å². The standard InChI is InChI=1S/C30H40F3NO/c1-6-28(7-2)34-14-8-9-23(19-34)25-16-24(22-10-12-27(13-11-22)30(31,32)33)17-26(18-25)29(21(5)35)15-20(3)4/h10-13,16-18,20,23,28-29H,6-9,14-15,19H2,1-5H3. The molecule has 1 fully saturated rings. The Morgan fingerprint density at radius 1 is 1.03 bits per heavy atom. The van der Waals surface area contributed by atoms with Gasteiger partial charge in [0, 0.05) is 18.5 Å². The SMILES string of the molecule is CCC(CC)N1CCCC(c2cc(-c3ccc(C(F)(F)F)cc3)cc(C(CC(C)C)C(C)=O)c2)C1. The minimum atomic E-state index is -4.36. The number of hydrogen-bond donors (Lipinski definition) is 0. The van der Waals surface area contributed by atoms with Crippen molar-refractivity contribution in [3.05, 3.63) is 59.2 Å². The van der Waals surface area contributed by atoms with E-state index in [4.69, 9.17) is 0 Å². The van der Waals surface area contributed by atoms with Gasteiger partial charge in [0.25, 0.3) is 0 Å². The van der Waals surface area contributed by atoms with Crippen LogP contribution in [0, 0.1) is 5.92 Å². The minimum Gasteiger partial charge on any atom is -0.300 e. The first-order chi connectivity index (χ1) is 16.5. The van der Waals surface area contributed by atoms with Gasteiger partial charge in [0.1, 0.15) is 5.78 Å². The number of ketones is 1.